The van der Waals surface area contributed by atoms with Crippen LogP contribution in [0.1, 0.15) is 61.7 Å². The van der Waals surface area contributed by atoms with Crippen molar-refractivity contribution in [3.8, 4) is 0 Å². The van der Waals surface area contributed by atoms with Crippen LogP contribution in [0.15, 0.2) is 16.9 Å². The van der Waals surface area contributed by atoms with Crippen molar-refractivity contribution in [2.24, 2.45) is 5.92 Å². The van der Waals surface area contributed by atoms with E-state index in [1.807, 2.05) is 18.0 Å². The van der Waals surface area contributed by atoms with Gasteiger partial charge in [-0.15, -0.1) is 0 Å². The van der Waals surface area contributed by atoms with Crippen molar-refractivity contribution in [2.75, 3.05) is 19.7 Å². The van der Waals surface area contributed by atoms with Crippen LogP contribution in [0.5, 0.6) is 0 Å². The summed E-state index contributed by atoms with van der Waals surface area (Å²) in [4.78, 5) is 19.2. The lowest BCUT2D eigenvalue weighted by molar-refractivity contribution is -0.147. The van der Waals surface area contributed by atoms with Gasteiger partial charge in [0.15, 0.2) is 5.82 Å². The van der Waals surface area contributed by atoms with Gasteiger partial charge < -0.3 is 14.2 Å². The summed E-state index contributed by atoms with van der Waals surface area (Å²) in [5, 5.41) is 8.42. The molecule has 2 saturated heterocycles. The quantitative estimate of drug-likeness (QED) is 0.768. The second-order valence-electron chi connectivity index (χ2n) is 9.01. The van der Waals surface area contributed by atoms with E-state index in [9.17, 15) is 4.79 Å². The third-order valence-corrected chi connectivity index (χ3v) is 6.56. The van der Waals surface area contributed by atoms with Crippen molar-refractivity contribution in [3.05, 3.63) is 29.7 Å². The number of amides is 1. The number of rotatable bonds is 5. The highest BCUT2D eigenvalue weighted by molar-refractivity contribution is 5.76. The molecule has 2 aromatic heterocycles. The molecule has 0 aromatic carbocycles. The highest BCUT2D eigenvalue weighted by Crippen LogP contribution is 2.40. The summed E-state index contributed by atoms with van der Waals surface area (Å²) in [6.45, 7) is 4.57. The Balaban J connectivity index is 1.14. The monoisotopic (exact) mass is 399 g/mol. The summed E-state index contributed by atoms with van der Waals surface area (Å²) in [6.07, 6.45) is 10.8. The van der Waals surface area contributed by atoms with E-state index in [0.717, 1.165) is 69.1 Å². The minimum atomic E-state index is -0.106. The first-order valence-electron chi connectivity index (χ1n) is 10.8. The van der Waals surface area contributed by atoms with Crippen LogP contribution in [-0.2, 0) is 22.5 Å². The third kappa shape index (κ3) is 4.22. The maximum atomic E-state index is 12.6. The standard InChI is InChI=1S/C21H29N5O3/c1-15-12-22-26(13-15)14-19(27)25-7-5-21(6-8-25)11-16(4-9-28-21)10-18-23-20(29-24-18)17-2-3-17/h12-13,16-17H,2-11,14H2,1H3. The molecule has 3 aliphatic rings. The summed E-state index contributed by atoms with van der Waals surface area (Å²) >= 11 is 0. The molecule has 1 unspecified atom stereocenters. The SMILES string of the molecule is Cc1cnn(CC(=O)N2CCC3(CC2)CC(Cc2noc(C4CC4)n2)CCO3)c1. The maximum absolute atomic E-state index is 12.6. The molecular weight excluding hydrogens is 370 g/mol. The van der Waals surface area contributed by atoms with Crippen molar-refractivity contribution in [2.45, 2.75) is 69.9 Å². The molecule has 3 fully saturated rings. The van der Waals surface area contributed by atoms with Gasteiger partial charge in [-0.25, -0.2) is 0 Å². The predicted octanol–water partition coefficient (Wildman–Crippen LogP) is 2.48. The van der Waals surface area contributed by atoms with E-state index in [-0.39, 0.29) is 11.5 Å². The summed E-state index contributed by atoms with van der Waals surface area (Å²) in [5.74, 6) is 2.82. The minimum Gasteiger partial charge on any atom is -0.375 e. The van der Waals surface area contributed by atoms with Crippen molar-refractivity contribution in [1.29, 1.82) is 0 Å². The number of aryl methyl sites for hydroxylation is 1. The molecule has 1 atom stereocenters. The molecule has 8 nitrogen and oxygen atoms in total. The predicted molar refractivity (Wildman–Crippen MR) is 104 cm³/mol. The van der Waals surface area contributed by atoms with Gasteiger partial charge in [-0.1, -0.05) is 5.16 Å². The summed E-state index contributed by atoms with van der Waals surface area (Å²) < 4.78 is 13.4. The second kappa shape index (κ2) is 7.55. The summed E-state index contributed by atoms with van der Waals surface area (Å²) in [7, 11) is 0. The minimum absolute atomic E-state index is 0.106. The average molecular weight is 399 g/mol. The van der Waals surface area contributed by atoms with E-state index in [1.165, 1.54) is 12.8 Å². The Kier molecular flexibility index (Phi) is 4.89. The van der Waals surface area contributed by atoms with Crippen LogP contribution in [0.4, 0.5) is 0 Å². The lowest BCUT2D eigenvalue weighted by Crippen LogP contribution is -2.51. The van der Waals surface area contributed by atoms with Crippen molar-refractivity contribution >= 4 is 5.91 Å². The van der Waals surface area contributed by atoms with Crippen molar-refractivity contribution < 1.29 is 14.1 Å². The van der Waals surface area contributed by atoms with Gasteiger partial charge >= 0.3 is 0 Å². The second-order valence-corrected chi connectivity index (χ2v) is 9.01. The summed E-state index contributed by atoms with van der Waals surface area (Å²) in [5.41, 5.74) is 0.966. The topological polar surface area (TPSA) is 86.3 Å². The molecule has 1 aliphatic carbocycles. The van der Waals surface area contributed by atoms with Gasteiger partial charge in [0.05, 0.1) is 11.8 Å². The van der Waals surface area contributed by atoms with E-state index < -0.39 is 0 Å². The molecule has 2 aromatic rings. The summed E-state index contributed by atoms with van der Waals surface area (Å²) in [6, 6.07) is 0. The molecule has 0 radical (unpaired) electrons. The number of carbonyl (C=O) groups is 1. The molecule has 29 heavy (non-hydrogen) atoms. The van der Waals surface area contributed by atoms with Crippen LogP contribution in [0.25, 0.3) is 0 Å². The molecule has 4 heterocycles. The number of hydrogen-bond donors (Lipinski definition) is 0. The highest BCUT2D eigenvalue weighted by atomic mass is 16.5. The van der Waals surface area contributed by atoms with E-state index in [1.54, 1.807) is 10.9 Å². The zero-order valence-corrected chi connectivity index (χ0v) is 17.0. The van der Waals surface area contributed by atoms with Gasteiger partial charge in [-0.2, -0.15) is 10.1 Å². The van der Waals surface area contributed by atoms with Gasteiger partial charge in [-0.05, 0) is 56.9 Å². The number of piperidine rings is 1. The van der Waals surface area contributed by atoms with Gasteiger partial charge in [-0.3, -0.25) is 9.48 Å². The first kappa shape index (κ1) is 18.8. The Morgan fingerprint density at radius 2 is 2.10 bits per heavy atom. The largest absolute Gasteiger partial charge is 0.375 e. The Hall–Kier alpha value is -2.22. The van der Waals surface area contributed by atoms with Crippen LogP contribution >= 0.6 is 0 Å². The van der Waals surface area contributed by atoms with Crippen LogP contribution in [-0.4, -0.2) is 56.0 Å². The fourth-order valence-corrected chi connectivity index (χ4v) is 4.71. The Labute approximate surface area is 170 Å². The smallest absolute Gasteiger partial charge is 0.244 e. The van der Waals surface area contributed by atoms with E-state index >= 15 is 0 Å². The molecule has 1 saturated carbocycles. The molecule has 1 spiro atoms. The lowest BCUT2D eigenvalue weighted by atomic mass is 9.78. The molecule has 5 rings (SSSR count). The number of likely N-dealkylation sites (tertiary alicyclic amines) is 1. The van der Waals surface area contributed by atoms with E-state index in [4.69, 9.17) is 9.26 Å². The number of hydrogen-bond acceptors (Lipinski definition) is 6. The normalized spacial score (nSPS) is 24.2. The molecule has 1 amide bonds. The molecule has 156 valence electrons. The number of ether oxygens (including phenoxy) is 1. The van der Waals surface area contributed by atoms with Gasteiger partial charge in [0, 0.05) is 38.2 Å². The van der Waals surface area contributed by atoms with Crippen LogP contribution in [0.3, 0.4) is 0 Å². The van der Waals surface area contributed by atoms with Crippen LogP contribution in [0.2, 0.25) is 0 Å². The van der Waals surface area contributed by atoms with Gasteiger partial charge in [0.2, 0.25) is 11.8 Å². The highest BCUT2D eigenvalue weighted by Gasteiger charge is 2.41. The number of carbonyl (C=O) groups excluding carboxylic acids is 1. The average Bonchev–Trinajstić information content (AvgIpc) is 3.33. The first-order valence-corrected chi connectivity index (χ1v) is 10.8. The van der Waals surface area contributed by atoms with E-state index in [0.29, 0.717) is 18.4 Å². The Morgan fingerprint density at radius 3 is 2.83 bits per heavy atom. The first-order chi connectivity index (χ1) is 14.1. The van der Waals surface area contributed by atoms with Crippen molar-refractivity contribution in [3.63, 3.8) is 0 Å². The molecular formula is C21H29N5O3. The van der Waals surface area contributed by atoms with Gasteiger partial charge in [0.1, 0.15) is 6.54 Å². The lowest BCUT2D eigenvalue weighted by Gasteiger charge is -2.46. The zero-order chi connectivity index (χ0) is 19.8. The number of aromatic nitrogens is 4. The van der Waals surface area contributed by atoms with Crippen LogP contribution in [0, 0.1) is 12.8 Å². The van der Waals surface area contributed by atoms with Gasteiger partial charge in [0.25, 0.3) is 0 Å². The van der Waals surface area contributed by atoms with E-state index in [2.05, 4.69) is 15.2 Å². The molecule has 0 bridgehead atoms. The maximum Gasteiger partial charge on any atom is 0.244 e. The third-order valence-electron chi connectivity index (χ3n) is 6.56. The van der Waals surface area contributed by atoms with Crippen LogP contribution < -0.4 is 0 Å². The molecule has 2 aliphatic heterocycles. The fourth-order valence-electron chi connectivity index (χ4n) is 4.71. The Bertz CT molecular complexity index is 863. The Morgan fingerprint density at radius 1 is 1.28 bits per heavy atom. The fraction of sp³-hybridized carbons (Fsp3) is 0.714. The number of nitrogens with zero attached hydrogens (tertiary/aromatic N) is 5. The zero-order valence-electron chi connectivity index (χ0n) is 17.0. The molecule has 0 N–H and O–H groups in total. The molecule has 8 heteroatoms. The van der Waals surface area contributed by atoms with Crippen molar-refractivity contribution in [1.82, 2.24) is 24.8 Å².